The van der Waals surface area contributed by atoms with Crippen molar-refractivity contribution in [2.75, 3.05) is 20.8 Å². The summed E-state index contributed by atoms with van der Waals surface area (Å²) >= 11 is 0. The summed E-state index contributed by atoms with van der Waals surface area (Å²) in [7, 11) is 3.18. The summed E-state index contributed by atoms with van der Waals surface area (Å²) < 4.78 is 22.9. The van der Waals surface area contributed by atoms with Crippen LogP contribution < -0.4 is 18.9 Å². The molecule has 0 aromatic heterocycles. The van der Waals surface area contributed by atoms with Gasteiger partial charge < -0.3 is 18.9 Å². The van der Waals surface area contributed by atoms with Gasteiger partial charge in [0, 0.05) is 12.0 Å². The number of ether oxygens (including phenoxy) is 4. The van der Waals surface area contributed by atoms with Crippen LogP contribution in [0.4, 0.5) is 0 Å². The molecule has 0 amide bonds. The molecule has 0 aliphatic heterocycles. The maximum Gasteiger partial charge on any atom is 0.203 e. The van der Waals surface area contributed by atoms with E-state index in [1.807, 2.05) is 57.2 Å². The van der Waals surface area contributed by atoms with E-state index in [9.17, 15) is 4.79 Å². The molecule has 0 spiro atoms. The molecular formula is C26H36O5. The number of aryl methyl sites for hydroxylation is 1. The van der Waals surface area contributed by atoms with Crippen molar-refractivity contribution in [1.82, 2.24) is 0 Å². The van der Waals surface area contributed by atoms with E-state index in [4.69, 9.17) is 18.9 Å². The molecule has 31 heavy (non-hydrogen) atoms. The first kappa shape index (κ1) is 24.6. The Morgan fingerprint density at radius 3 is 2.16 bits per heavy atom. The molecule has 2 aromatic carbocycles. The second kappa shape index (κ2) is 10.1. The van der Waals surface area contributed by atoms with Crippen molar-refractivity contribution in [2.45, 2.75) is 60.0 Å². The molecule has 0 fully saturated rings. The lowest BCUT2D eigenvalue weighted by atomic mass is 9.98. The van der Waals surface area contributed by atoms with Gasteiger partial charge in [-0.25, -0.2) is 0 Å². The van der Waals surface area contributed by atoms with E-state index in [0.717, 1.165) is 5.56 Å². The summed E-state index contributed by atoms with van der Waals surface area (Å²) in [6, 6.07) is 11.2. The molecular weight excluding hydrogens is 392 g/mol. The van der Waals surface area contributed by atoms with Gasteiger partial charge in [-0.3, -0.25) is 4.79 Å². The van der Waals surface area contributed by atoms with Gasteiger partial charge in [0.05, 0.1) is 20.8 Å². The van der Waals surface area contributed by atoms with Gasteiger partial charge in [0.15, 0.2) is 17.3 Å². The molecule has 5 heteroatoms. The predicted octanol–water partition coefficient (Wildman–Crippen LogP) is 6.12. The molecule has 0 aliphatic carbocycles. The standard InChI is InChI=1S/C26H36O5/c1-25(2,3)17-30-20-11-9-10-19(16-20)21(27)13-12-18-14-22(28-7)24(29-8)23(15-18)31-26(4,5)6/h9-11,14-16H,12-13,17H2,1-8H3. The van der Waals surface area contributed by atoms with E-state index in [1.54, 1.807) is 14.2 Å². The van der Waals surface area contributed by atoms with Crippen molar-refractivity contribution in [1.29, 1.82) is 0 Å². The van der Waals surface area contributed by atoms with E-state index in [0.29, 0.717) is 48.0 Å². The zero-order valence-corrected chi connectivity index (χ0v) is 20.1. The molecule has 0 atom stereocenters. The Hall–Kier alpha value is -2.69. The topological polar surface area (TPSA) is 54.0 Å². The Morgan fingerprint density at radius 2 is 1.58 bits per heavy atom. The first-order valence-corrected chi connectivity index (χ1v) is 10.6. The highest BCUT2D eigenvalue weighted by Crippen LogP contribution is 2.40. The number of methoxy groups -OCH3 is 2. The molecule has 0 aliphatic rings. The van der Waals surface area contributed by atoms with Crippen molar-refractivity contribution in [3.8, 4) is 23.0 Å². The molecule has 0 bridgehead atoms. The van der Waals surface area contributed by atoms with Crippen LogP contribution >= 0.6 is 0 Å². The summed E-state index contributed by atoms with van der Waals surface area (Å²) in [4.78, 5) is 12.8. The maximum atomic E-state index is 12.8. The highest BCUT2D eigenvalue weighted by Gasteiger charge is 2.20. The van der Waals surface area contributed by atoms with E-state index >= 15 is 0 Å². The molecule has 0 radical (unpaired) electrons. The normalized spacial score (nSPS) is 11.7. The predicted molar refractivity (Wildman–Crippen MR) is 124 cm³/mol. The van der Waals surface area contributed by atoms with E-state index in [1.165, 1.54) is 0 Å². The lowest BCUT2D eigenvalue weighted by molar-refractivity contribution is 0.0981. The minimum Gasteiger partial charge on any atom is -0.493 e. The van der Waals surface area contributed by atoms with Crippen LogP contribution in [0.2, 0.25) is 0 Å². The highest BCUT2D eigenvalue weighted by molar-refractivity contribution is 5.96. The average Bonchev–Trinajstić information content (AvgIpc) is 2.68. The third kappa shape index (κ3) is 7.82. The fourth-order valence-corrected chi connectivity index (χ4v) is 3.00. The van der Waals surface area contributed by atoms with Gasteiger partial charge in [-0.2, -0.15) is 0 Å². The van der Waals surface area contributed by atoms with Gasteiger partial charge in [0.25, 0.3) is 0 Å². The number of ketones is 1. The van der Waals surface area contributed by atoms with Gasteiger partial charge in [-0.1, -0.05) is 32.9 Å². The Balaban J connectivity index is 2.15. The number of benzene rings is 2. The molecule has 0 unspecified atom stereocenters. The van der Waals surface area contributed by atoms with Gasteiger partial charge in [-0.15, -0.1) is 0 Å². The SMILES string of the molecule is COc1cc(CCC(=O)c2cccc(OCC(C)(C)C)c2)cc(OC(C)(C)C)c1OC. The summed E-state index contributed by atoms with van der Waals surface area (Å²) in [5.41, 5.74) is 1.27. The van der Waals surface area contributed by atoms with Crippen LogP contribution in [0.15, 0.2) is 36.4 Å². The van der Waals surface area contributed by atoms with Crippen molar-refractivity contribution in [2.24, 2.45) is 5.41 Å². The number of hydrogen-bond acceptors (Lipinski definition) is 5. The van der Waals surface area contributed by atoms with Gasteiger partial charge in [-0.05, 0) is 62.4 Å². The third-order valence-corrected chi connectivity index (χ3v) is 4.39. The number of carbonyl (C=O) groups is 1. The van der Waals surface area contributed by atoms with Crippen LogP contribution in [0.5, 0.6) is 23.0 Å². The second-order valence-electron chi connectivity index (χ2n) is 9.84. The molecule has 0 saturated heterocycles. The highest BCUT2D eigenvalue weighted by atomic mass is 16.5. The first-order valence-electron chi connectivity index (χ1n) is 10.6. The van der Waals surface area contributed by atoms with Crippen molar-refractivity contribution >= 4 is 5.78 Å². The summed E-state index contributed by atoms with van der Waals surface area (Å²) in [5, 5.41) is 0. The van der Waals surface area contributed by atoms with Crippen LogP contribution in [0.3, 0.4) is 0 Å². The minimum absolute atomic E-state index is 0.0558. The fourth-order valence-electron chi connectivity index (χ4n) is 3.00. The third-order valence-electron chi connectivity index (χ3n) is 4.39. The number of carbonyl (C=O) groups excluding carboxylic acids is 1. The van der Waals surface area contributed by atoms with E-state index < -0.39 is 0 Å². The largest absolute Gasteiger partial charge is 0.493 e. The molecule has 0 heterocycles. The molecule has 2 aromatic rings. The molecule has 2 rings (SSSR count). The second-order valence-corrected chi connectivity index (χ2v) is 9.84. The number of rotatable bonds is 9. The average molecular weight is 429 g/mol. The zero-order valence-electron chi connectivity index (χ0n) is 20.1. The van der Waals surface area contributed by atoms with Crippen molar-refractivity contribution in [3.05, 3.63) is 47.5 Å². The Morgan fingerprint density at radius 1 is 0.903 bits per heavy atom. The van der Waals surface area contributed by atoms with Crippen LogP contribution in [0.1, 0.15) is 63.9 Å². The van der Waals surface area contributed by atoms with Gasteiger partial charge in [0.1, 0.15) is 11.4 Å². The summed E-state index contributed by atoms with van der Waals surface area (Å²) in [6.07, 6.45) is 0.930. The van der Waals surface area contributed by atoms with Crippen LogP contribution in [0.25, 0.3) is 0 Å². The Kier molecular flexibility index (Phi) is 7.99. The quantitative estimate of drug-likeness (QED) is 0.450. The molecule has 0 saturated carbocycles. The number of hydrogen-bond donors (Lipinski definition) is 0. The molecule has 5 nitrogen and oxygen atoms in total. The van der Waals surface area contributed by atoms with Crippen LogP contribution in [0, 0.1) is 5.41 Å². The fraction of sp³-hybridized carbons (Fsp3) is 0.500. The summed E-state index contributed by atoms with van der Waals surface area (Å²) in [6.45, 7) is 12.9. The smallest absolute Gasteiger partial charge is 0.203 e. The molecule has 0 N–H and O–H groups in total. The van der Waals surface area contributed by atoms with Gasteiger partial charge in [0.2, 0.25) is 5.75 Å². The lowest BCUT2D eigenvalue weighted by Crippen LogP contribution is -2.23. The van der Waals surface area contributed by atoms with E-state index in [-0.39, 0.29) is 16.8 Å². The van der Waals surface area contributed by atoms with Crippen LogP contribution in [-0.4, -0.2) is 32.2 Å². The van der Waals surface area contributed by atoms with E-state index in [2.05, 4.69) is 20.8 Å². The minimum atomic E-state index is -0.389. The zero-order chi connectivity index (χ0) is 23.2. The Labute approximate surface area is 186 Å². The Bertz CT molecular complexity index is 888. The first-order chi connectivity index (χ1) is 14.4. The van der Waals surface area contributed by atoms with Crippen molar-refractivity contribution in [3.63, 3.8) is 0 Å². The maximum absolute atomic E-state index is 12.8. The van der Waals surface area contributed by atoms with Gasteiger partial charge >= 0.3 is 0 Å². The van der Waals surface area contributed by atoms with Crippen molar-refractivity contribution < 1.29 is 23.7 Å². The lowest BCUT2D eigenvalue weighted by Gasteiger charge is -2.24. The monoisotopic (exact) mass is 428 g/mol. The molecule has 170 valence electrons. The number of Topliss-reactive ketones (excluding diaryl/α,β-unsaturated/α-hetero) is 1. The van der Waals surface area contributed by atoms with Crippen LogP contribution in [-0.2, 0) is 6.42 Å². The summed E-state index contributed by atoms with van der Waals surface area (Å²) in [5.74, 6) is 2.52.